The number of rotatable bonds is 10. The Morgan fingerprint density at radius 1 is 1.07 bits per heavy atom. The fourth-order valence-electron chi connectivity index (χ4n) is 4.44. The maximum atomic E-state index is 13.5. The van der Waals surface area contributed by atoms with Gasteiger partial charge in [0.05, 0.1) is 30.2 Å². The van der Waals surface area contributed by atoms with Crippen LogP contribution in [0.3, 0.4) is 0 Å². The maximum Gasteiger partial charge on any atom is 0.417 e. The molecule has 1 aromatic heterocycles. The fourth-order valence-corrected chi connectivity index (χ4v) is 4.44. The molecule has 0 spiro atoms. The third-order valence-corrected chi connectivity index (χ3v) is 6.80. The summed E-state index contributed by atoms with van der Waals surface area (Å²) >= 11 is 0. The van der Waals surface area contributed by atoms with Gasteiger partial charge in [0.1, 0.15) is 11.9 Å². The molecule has 9 nitrogen and oxygen atoms in total. The molecule has 1 atom stereocenters. The standard InChI is InChI=1S/C30H33F3N6O3/c1-38(14-15-39-16-18-42-19-17-39)28(29(41)37-26-12-11-23(20-35-26)30(31,32)33)22-9-6-21(7-10-22)8-13-27(40)36-25-5-3-2-4-24(25)34/h2-13,20,28H,14-19,34H2,1H3,(H,36,40)(H,35,37,41)/b13-8+. The van der Waals surface area contributed by atoms with Gasteiger partial charge in [0, 0.05) is 38.5 Å². The first-order valence-corrected chi connectivity index (χ1v) is 13.4. The molecule has 1 fully saturated rings. The van der Waals surface area contributed by atoms with Crippen molar-refractivity contribution in [1.29, 1.82) is 0 Å². The second-order valence-corrected chi connectivity index (χ2v) is 9.83. The topological polar surface area (TPSA) is 113 Å². The van der Waals surface area contributed by atoms with E-state index in [1.807, 2.05) is 11.9 Å². The minimum atomic E-state index is -4.52. The number of alkyl halides is 3. The number of nitrogens with two attached hydrogens (primary N) is 1. The van der Waals surface area contributed by atoms with Gasteiger partial charge in [-0.2, -0.15) is 13.2 Å². The van der Waals surface area contributed by atoms with Crippen LogP contribution in [0.5, 0.6) is 0 Å². The highest BCUT2D eigenvalue weighted by Gasteiger charge is 2.31. The van der Waals surface area contributed by atoms with Crippen LogP contribution in [0.25, 0.3) is 6.08 Å². The lowest BCUT2D eigenvalue weighted by atomic mass is 10.0. The van der Waals surface area contributed by atoms with Crippen LogP contribution in [0.2, 0.25) is 0 Å². The second kappa shape index (κ2) is 14.1. The van der Waals surface area contributed by atoms with Crippen molar-refractivity contribution < 1.29 is 27.5 Å². The lowest BCUT2D eigenvalue weighted by Gasteiger charge is -2.32. The van der Waals surface area contributed by atoms with E-state index < -0.39 is 23.7 Å². The van der Waals surface area contributed by atoms with Crippen molar-refractivity contribution in [1.82, 2.24) is 14.8 Å². The number of benzene rings is 2. The van der Waals surface area contributed by atoms with Crippen LogP contribution in [-0.2, 0) is 20.5 Å². The van der Waals surface area contributed by atoms with Crippen LogP contribution in [0.1, 0.15) is 22.7 Å². The zero-order valence-corrected chi connectivity index (χ0v) is 23.1. The molecule has 3 aromatic rings. The number of halogens is 3. The number of nitrogen functional groups attached to an aromatic ring is 1. The summed E-state index contributed by atoms with van der Waals surface area (Å²) in [5.74, 6) is -0.764. The Balaban J connectivity index is 1.47. The highest BCUT2D eigenvalue weighted by Crippen LogP contribution is 2.29. The third kappa shape index (κ3) is 8.62. The van der Waals surface area contributed by atoms with Gasteiger partial charge in [-0.05, 0) is 48.5 Å². The van der Waals surface area contributed by atoms with E-state index in [1.54, 1.807) is 54.6 Å². The number of carbonyl (C=O) groups excluding carboxylic acids is 2. The average Bonchev–Trinajstić information content (AvgIpc) is 2.97. The summed E-state index contributed by atoms with van der Waals surface area (Å²) in [6.45, 7) is 4.17. The van der Waals surface area contributed by atoms with E-state index >= 15 is 0 Å². The van der Waals surface area contributed by atoms with Gasteiger partial charge in [0.15, 0.2) is 0 Å². The number of para-hydroxylation sites is 2. The van der Waals surface area contributed by atoms with Gasteiger partial charge in [-0.25, -0.2) is 4.98 Å². The number of ether oxygens (including phenoxy) is 1. The van der Waals surface area contributed by atoms with Crippen LogP contribution >= 0.6 is 0 Å². The number of morpholine rings is 1. The minimum Gasteiger partial charge on any atom is -0.397 e. The van der Waals surface area contributed by atoms with Crippen molar-refractivity contribution in [3.63, 3.8) is 0 Å². The first kappa shape index (κ1) is 30.7. The normalized spacial score (nSPS) is 15.1. The molecule has 2 heterocycles. The summed E-state index contributed by atoms with van der Waals surface area (Å²) < 4.78 is 44.2. The fraction of sp³-hybridized carbons (Fsp3) is 0.300. The van der Waals surface area contributed by atoms with E-state index in [0.717, 1.165) is 30.8 Å². The molecule has 2 aromatic carbocycles. The Morgan fingerprint density at radius 2 is 1.79 bits per heavy atom. The molecule has 0 aliphatic carbocycles. The predicted molar refractivity (Wildman–Crippen MR) is 155 cm³/mol. The number of carbonyl (C=O) groups is 2. The molecule has 222 valence electrons. The van der Waals surface area contributed by atoms with E-state index in [9.17, 15) is 22.8 Å². The molecule has 4 N–H and O–H groups in total. The molecule has 1 unspecified atom stereocenters. The maximum absolute atomic E-state index is 13.5. The monoisotopic (exact) mass is 582 g/mol. The number of hydrogen-bond acceptors (Lipinski definition) is 7. The van der Waals surface area contributed by atoms with Crippen LogP contribution in [0, 0.1) is 0 Å². The van der Waals surface area contributed by atoms with E-state index in [1.165, 1.54) is 6.08 Å². The largest absolute Gasteiger partial charge is 0.417 e. The van der Waals surface area contributed by atoms with Crippen molar-refractivity contribution >= 4 is 35.1 Å². The highest BCUT2D eigenvalue weighted by atomic mass is 19.4. The van der Waals surface area contributed by atoms with Gasteiger partial charge in [-0.15, -0.1) is 0 Å². The molecular weight excluding hydrogens is 549 g/mol. The van der Waals surface area contributed by atoms with Gasteiger partial charge in [0.2, 0.25) is 11.8 Å². The Morgan fingerprint density at radius 3 is 2.43 bits per heavy atom. The zero-order valence-electron chi connectivity index (χ0n) is 23.1. The van der Waals surface area contributed by atoms with Crippen molar-refractivity contribution in [2.24, 2.45) is 0 Å². The van der Waals surface area contributed by atoms with Crippen molar-refractivity contribution in [2.45, 2.75) is 12.2 Å². The van der Waals surface area contributed by atoms with E-state index in [4.69, 9.17) is 10.5 Å². The predicted octanol–water partition coefficient (Wildman–Crippen LogP) is 4.28. The third-order valence-electron chi connectivity index (χ3n) is 6.80. The SMILES string of the molecule is CN(CCN1CCOCC1)C(C(=O)Nc1ccc(C(F)(F)F)cn1)c1ccc(/C=C/C(=O)Nc2ccccc2N)cc1. The lowest BCUT2D eigenvalue weighted by Crippen LogP contribution is -2.43. The number of hydrogen-bond donors (Lipinski definition) is 3. The van der Waals surface area contributed by atoms with E-state index in [0.29, 0.717) is 49.4 Å². The summed E-state index contributed by atoms with van der Waals surface area (Å²) in [6, 6.07) is 15.3. The van der Waals surface area contributed by atoms with Crippen LogP contribution in [0.4, 0.5) is 30.4 Å². The summed E-state index contributed by atoms with van der Waals surface area (Å²) in [5.41, 5.74) is 7.34. The Kier molecular flexibility index (Phi) is 10.3. The first-order valence-electron chi connectivity index (χ1n) is 13.4. The second-order valence-electron chi connectivity index (χ2n) is 9.83. The molecular formula is C30H33F3N6O3. The van der Waals surface area contributed by atoms with Gasteiger partial charge >= 0.3 is 6.18 Å². The molecule has 12 heteroatoms. The number of nitrogens with zero attached hydrogens (tertiary/aromatic N) is 3. The van der Waals surface area contributed by atoms with Crippen molar-refractivity contribution in [2.75, 3.05) is 62.8 Å². The van der Waals surface area contributed by atoms with Crippen molar-refractivity contribution in [3.05, 3.63) is 89.6 Å². The van der Waals surface area contributed by atoms with Gasteiger partial charge < -0.3 is 21.1 Å². The number of amides is 2. The summed E-state index contributed by atoms with van der Waals surface area (Å²) in [5, 5.41) is 5.38. The molecule has 42 heavy (non-hydrogen) atoms. The smallest absolute Gasteiger partial charge is 0.397 e. The van der Waals surface area contributed by atoms with Crippen LogP contribution in [-0.4, -0.2) is 73.0 Å². The average molecular weight is 583 g/mol. The van der Waals surface area contributed by atoms with Gasteiger partial charge in [0.25, 0.3) is 0 Å². The molecule has 1 aliphatic rings. The Labute approximate surface area is 242 Å². The Hall–Kier alpha value is -4.26. The molecule has 0 radical (unpaired) electrons. The quantitative estimate of drug-likeness (QED) is 0.242. The molecule has 1 aliphatic heterocycles. The number of likely N-dealkylation sites (N-methyl/N-ethyl adjacent to an activating group) is 1. The molecule has 2 amide bonds. The Bertz CT molecular complexity index is 1370. The summed E-state index contributed by atoms with van der Waals surface area (Å²) in [6.07, 6.45) is -0.808. The van der Waals surface area contributed by atoms with Gasteiger partial charge in [-0.1, -0.05) is 36.4 Å². The summed E-state index contributed by atoms with van der Waals surface area (Å²) in [4.78, 5) is 33.7. The molecule has 0 bridgehead atoms. The van der Waals surface area contributed by atoms with E-state index in [-0.39, 0.29) is 11.7 Å². The number of pyridine rings is 1. The number of nitrogens with one attached hydrogen (secondary N) is 2. The molecule has 1 saturated heterocycles. The van der Waals surface area contributed by atoms with Gasteiger partial charge in [-0.3, -0.25) is 19.4 Å². The molecule has 0 saturated carbocycles. The highest BCUT2D eigenvalue weighted by molar-refractivity contribution is 6.03. The lowest BCUT2D eigenvalue weighted by molar-refractivity contribution is -0.137. The zero-order chi connectivity index (χ0) is 30.1. The molecule has 4 rings (SSSR count). The van der Waals surface area contributed by atoms with Crippen molar-refractivity contribution in [3.8, 4) is 0 Å². The number of anilines is 3. The van der Waals surface area contributed by atoms with Crippen LogP contribution < -0.4 is 16.4 Å². The first-order chi connectivity index (χ1) is 20.1. The number of aromatic nitrogens is 1. The van der Waals surface area contributed by atoms with Crippen LogP contribution in [0.15, 0.2) is 72.9 Å². The summed E-state index contributed by atoms with van der Waals surface area (Å²) in [7, 11) is 1.82. The van der Waals surface area contributed by atoms with E-state index in [2.05, 4.69) is 20.5 Å². The minimum absolute atomic E-state index is 0.0178.